The van der Waals surface area contributed by atoms with Crippen LogP contribution in [-0.4, -0.2) is 65.1 Å². The maximum Gasteiger partial charge on any atom is 0.224 e. The van der Waals surface area contributed by atoms with Crippen molar-refractivity contribution in [2.75, 3.05) is 26.2 Å². The van der Waals surface area contributed by atoms with Gasteiger partial charge in [-0.05, 0) is 61.8 Å². The predicted molar refractivity (Wildman–Crippen MR) is 105 cm³/mol. The minimum Gasteiger partial charge on any atom is -0.488 e. The van der Waals surface area contributed by atoms with Crippen LogP contribution in [0.15, 0.2) is 24.3 Å². The van der Waals surface area contributed by atoms with Gasteiger partial charge in [0.25, 0.3) is 0 Å². The van der Waals surface area contributed by atoms with Crippen molar-refractivity contribution >= 4 is 11.8 Å². The first-order valence-electron chi connectivity index (χ1n) is 10.7. The van der Waals surface area contributed by atoms with E-state index in [9.17, 15) is 19.1 Å². The molecule has 1 aromatic rings. The summed E-state index contributed by atoms with van der Waals surface area (Å²) in [6, 6.07) is 5.83. The van der Waals surface area contributed by atoms with Gasteiger partial charge in [-0.1, -0.05) is 0 Å². The highest BCUT2D eigenvalue weighted by Crippen LogP contribution is 2.38. The molecule has 158 valence electrons. The Bertz CT molecular complexity index is 741. The molecule has 3 aliphatic rings. The smallest absolute Gasteiger partial charge is 0.224 e. The molecule has 3 fully saturated rings. The average molecular weight is 404 g/mol. The Kier molecular flexibility index (Phi) is 6.04. The minimum atomic E-state index is -0.595. The SMILES string of the molecule is O=C1CCCCN1CCC(=O)N1C[C@H]2C[C@@H](Oc3ccc(F)cc3)[C@H](O)C[C@H]2C1. The van der Waals surface area contributed by atoms with E-state index in [1.54, 1.807) is 17.0 Å². The molecule has 2 amide bonds. The first-order chi connectivity index (χ1) is 14.0. The van der Waals surface area contributed by atoms with Gasteiger partial charge < -0.3 is 19.6 Å². The number of rotatable bonds is 5. The van der Waals surface area contributed by atoms with Crippen LogP contribution in [0.1, 0.15) is 38.5 Å². The summed E-state index contributed by atoms with van der Waals surface area (Å²) in [7, 11) is 0. The molecule has 2 saturated heterocycles. The lowest BCUT2D eigenvalue weighted by Gasteiger charge is -2.35. The fraction of sp³-hybridized carbons (Fsp3) is 0.636. The van der Waals surface area contributed by atoms with Gasteiger partial charge in [-0.3, -0.25) is 9.59 Å². The van der Waals surface area contributed by atoms with Gasteiger partial charge in [-0.15, -0.1) is 0 Å². The Morgan fingerprint density at radius 2 is 1.86 bits per heavy atom. The highest BCUT2D eigenvalue weighted by Gasteiger charge is 2.43. The Labute approximate surface area is 170 Å². The van der Waals surface area contributed by atoms with Crippen molar-refractivity contribution in [2.45, 2.75) is 50.7 Å². The molecule has 2 aliphatic heterocycles. The number of aliphatic hydroxyl groups is 1. The molecule has 1 aliphatic carbocycles. The lowest BCUT2D eigenvalue weighted by atomic mass is 9.78. The molecule has 1 N–H and O–H groups in total. The molecule has 0 aromatic heterocycles. The van der Waals surface area contributed by atoms with Crippen LogP contribution in [-0.2, 0) is 9.59 Å². The Balaban J connectivity index is 1.29. The molecular weight excluding hydrogens is 375 g/mol. The second-order valence-electron chi connectivity index (χ2n) is 8.56. The normalized spacial score (nSPS) is 29.7. The van der Waals surface area contributed by atoms with Crippen LogP contribution in [0, 0.1) is 17.7 Å². The third-order valence-electron chi connectivity index (χ3n) is 6.56. The molecule has 7 heteroatoms. The molecule has 1 saturated carbocycles. The summed E-state index contributed by atoms with van der Waals surface area (Å²) in [4.78, 5) is 28.3. The largest absolute Gasteiger partial charge is 0.488 e. The zero-order chi connectivity index (χ0) is 20.4. The molecule has 0 bridgehead atoms. The van der Waals surface area contributed by atoms with Gasteiger partial charge in [0.2, 0.25) is 11.8 Å². The van der Waals surface area contributed by atoms with Gasteiger partial charge in [0.05, 0.1) is 6.10 Å². The monoisotopic (exact) mass is 404 g/mol. The number of carbonyl (C=O) groups is 2. The number of fused-ring (bicyclic) bond motifs is 1. The van der Waals surface area contributed by atoms with Crippen LogP contribution in [0.25, 0.3) is 0 Å². The summed E-state index contributed by atoms with van der Waals surface area (Å²) in [5.74, 6) is 1.04. The number of aliphatic hydroxyl groups excluding tert-OH is 1. The second-order valence-corrected chi connectivity index (χ2v) is 8.56. The first-order valence-corrected chi connectivity index (χ1v) is 10.7. The van der Waals surface area contributed by atoms with Crippen molar-refractivity contribution in [3.05, 3.63) is 30.1 Å². The first kappa shape index (κ1) is 20.1. The molecule has 29 heavy (non-hydrogen) atoms. The van der Waals surface area contributed by atoms with Crippen LogP contribution in [0.3, 0.4) is 0 Å². The number of halogens is 1. The molecular formula is C22H29FN2O4. The van der Waals surface area contributed by atoms with Crippen LogP contribution in [0.5, 0.6) is 5.75 Å². The molecule has 2 heterocycles. The topological polar surface area (TPSA) is 70.1 Å². The van der Waals surface area contributed by atoms with E-state index < -0.39 is 6.10 Å². The summed E-state index contributed by atoms with van der Waals surface area (Å²) in [6.07, 6.45) is 3.26. The van der Waals surface area contributed by atoms with E-state index in [2.05, 4.69) is 0 Å². The number of hydrogen-bond donors (Lipinski definition) is 1. The van der Waals surface area contributed by atoms with E-state index >= 15 is 0 Å². The van der Waals surface area contributed by atoms with E-state index in [0.717, 1.165) is 19.4 Å². The number of hydrogen-bond acceptors (Lipinski definition) is 4. The van der Waals surface area contributed by atoms with Gasteiger partial charge in [0, 0.05) is 39.0 Å². The fourth-order valence-electron chi connectivity index (χ4n) is 4.90. The van der Waals surface area contributed by atoms with Gasteiger partial charge >= 0.3 is 0 Å². The molecule has 0 unspecified atom stereocenters. The minimum absolute atomic E-state index is 0.0864. The van der Waals surface area contributed by atoms with Gasteiger partial charge in [0.1, 0.15) is 17.7 Å². The lowest BCUT2D eigenvalue weighted by molar-refractivity contribution is -0.135. The number of piperidine rings is 1. The fourth-order valence-corrected chi connectivity index (χ4v) is 4.90. The number of ether oxygens (including phenoxy) is 1. The van der Waals surface area contributed by atoms with E-state index in [-0.39, 0.29) is 29.7 Å². The number of carbonyl (C=O) groups excluding carboxylic acids is 2. The van der Waals surface area contributed by atoms with E-state index in [1.807, 2.05) is 4.90 Å². The maximum atomic E-state index is 13.1. The van der Waals surface area contributed by atoms with Crippen LogP contribution in [0.4, 0.5) is 4.39 Å². The standard InChI is InChI=1S/C22H29FN2O4/c23-17-4-6-18(7-5-17)29-20-12-16-14-25(13-15(16)11-19(20)26)22(28)8-10-24-9-2-1-3-21(24)27/h4-7,15-16,19-20,26H,1-3,8-14H2/t15-,16+,19+,20+/m0/s1. The van der Waals surface area contributed by atoms with Crippen molar-refractivity contribution in [1.29, 1.82) is 0 Å². The molecule has 0 radical (unpaired) electrons. The predicted octanol–water partition coefficient (Wildman–Crippen LogP) is 2.21. The molecule has 4 rings (SSSR count). The van der Waals surface area contributed by atoms with Gasteiger partial charge in [0.15, 0.2) is 0 Å². The molecule has 6 nitrogen and oxygen atoms in total. The quantitative estimate of drug-likeness (QED) is 0.817. The van der Waals surface area contributed by atoms with E-state index in [4.69, 9.17) is 4.74 Å². The van der Waals surface area contributed by atoms with E-state index in [0.29, 0.717) is 57.0 Å². The Hall–Kier alpha value is -2.15. The van der Waals surface area contributed by atoms with E-state index in [1.165, 1.54) is 12.1 Å². The lowest BCUT2D eigenvalue weighted by Crippen LogP contribution is -2.42. The van der Waals surface area contributed by atoms with Crippen molar-refractivity contribution in [2.24, 2.45) is 11.8 Å². The summed E-state index contributed by atoms with van der Waals surface area (Å²) in [6.45, 7) is 2.60. The van der Waals surface area contributed by atoms with Crippen LogP contribution >= 0.6 is 0 Å². The molecule has 1 aromatic carbocycles. The maximum absolute atomic E-state index is 13.1. The summed E-state index contributed by atoms with van der Waals surface area (Å²) >= 11 is 0. The van der Waals surface area contributed by atoms with Crippen molar-refractivity contribution in [3.63, 3.8) is 0 Å². The summed E-state index contributed by atoms with van der Waals surface area (Å²) in [5.41, 5.74) is 0. The van der Waals surface area contributed by atoms with Gasteiger partial charge in [-0.25, -0.2) is 4.39 Å². The van der Waals surface area contributed by atoms with Crippen molar-refractivity contribution in [3.8, 4) is 5.75 Å². The Morgan fingerprint density at radius 1 is 1.14 bits per heavy atom. The van der Waals surface area contributed by atoms with Crippen LogP contribution < -0.4 is 4.74 Å². The highest BCUT2D eigenvalue weighted by molar-refractivity contribution is 5.79. The number of likely N-dealkylation sites (tertiary alicyclic amines) is 2. The van der Waals surface area contributed by atoms with Crippen LogP contribution in [0.2, 0.25) is 0 Å². The zero-order valence-electron chi connectivity index (χ0n) is 16.6. The summed E-state index contributed by atoms with van der Waals surface area (Å²) in [5, 5.41) is 10.5. The number of amides is 2. The number of benzene rings is 1. The van der Waals surface area contributed by atoms with Crippen molar-refractivity contribution < 1.29 is 23.8 Å². The Morgan fingerprint density at radius 3 is 2.59 bits per heavy atom. The summed E-state index contributed by atoms with van der Waals surface area (Å²) < 4.78 is 19.0. The number of nitrogens with zero attached hydrogens (tertiary/aromatic N) is 2. The molecule has 4 atom stereocenters. The highest BCUT2D eigenvalue weighted by atomic mass is 19.1. The van der Waals surface area contributed by atoms with Gasteiger partial charge in [-0.2, -0.15) is 0 Å². The zero-order valence-corrected chi connectivity index (χ0v) is 16.6. The third-order valence-corrected chi connectivity index (χ3v) is 6.56. The second kappa shape index (κ2) is 8.69. The average Bonchev–Trinajstić information content (AvgIpc) is 3.12. The van der Waals surface area contributed by atoms with Crippen molar-refractivity contribution in [1.82, 2.24) is 9.80 Å². The molecule has 0 spiro atoms. The third kappa shape index (κ3) is 4.71.